The van der Waals surface area contributed by atoms with E-state index < -0.39 is 10.0 Å². The van der Waals surface area contributed by atoms with Crippen LogP contribution in [0.1, 0.15) is 6.42 Å². The van der Waals surface area contributed by atoms with Crippen LogP contribution in [-0.2, 0) is 19.5 Å². The average molecular weight is 304 g/mol. The predicted molar refractivity (Wildman–Crippen MR) is 75.0 cm³/mol. The number of nitrogen functional groups attached to an aromatic ring is 1. The number of ether oxygens (including phenoxy) is 3. The molecule has 0 unspecified atom stereocenters. The number of benzene rings is 1. The summed E-state index contributed by atoms with van der Waals surface area (Å²) in [6.07, 6.45) is 0.656. The van der Waals surface area contributed by atoms with E-state index in [1.165, 1.54) is 12.1 Å². The Morgan fingerprint density at radius 2 is 1.90 bits per heavy atom. The van der Waals surface area contributed by atoms with Crippen molar-refractivity contribution in [1.29, 1.82) is 0 Å². The molecule has 4 N–H and O–H groups in total. The third-order valence-corrected chi connectivity index (χ3v) is 3.42. The Balaban J connectivity index is 2.45. The van der Waals surface area contributed by atoms with Crippen LogP contribution in [0.15, 0.2) is 23.1 Å². The quantitative estimate of drug-likeness (QED) is 0.502. The van der Waals surface area contributed by atoms with Crippen LogP contribution >= 0.6 is 0 Å². The standard InChI is InChI=1S/C12H20N2O5S/c1-17-8-9-18-6-3-7-19-10-4-2-5-11(12(10)13)20(14,15)16/h2,4-5H,3,6-9,13H2,1H3,(H2,14,15,16). The Hall–Kier alpha value is -1.35. The molecule has 0 aliphatic rings. The summed E-state index contributed by atoms with van der Waals surface area (Å²) in [5.74, 6) is 0.299. The van der Waals surface area contributed by atoms with Crippen molar-refractivity contribution in [2.24, 2.45) is 5.14 Å². The molecule has 0 amide bonds. The average Bonchev–Trinajstić information content (AvgIpc) is 2.38. The Bertz CT molecular complexity index is 519. The Morgan fingerprint density at radius 1 is 1.15 bits per heavy atom. The van der Waals surface area contributed by atoms with Gasteiger partial charge in [0.15, 0.2) is 0 Å². The van der Waals surface area contributed by atoms with Gasteiger partial charge in [-0.25, -0.2) is 13.6 Å². The molecule has 0 saturated heterocycles. The summed E-state index contributed by atoms with van der Waals surface area (Å²) in [5, 5.41) is 5.05. The van der Waals surface area contributed by atoms with E-state index in [1.54, 1.807) is 13.2 Å². The van der Waals surface area contributed by atoms with E-state index in [1.807, 2.05) is 0 Å². The van der Waals surface area contributed by atoms with Gasteiger partial charge in [-0.2, -0.15) is 0 Å². The third kappa shape index (κ3) is 5.33. The van der Waals surface area contributed by atoms with Crippen molar-refractivity contribution in [2.45, 2.75) is 11.3 Å². The number of hydrogen-bond donors (Lipinski definition) is 2. The number of nitrogens with two attached hydrogens (primary N) is 2. The van der Waals surface area contributed by atoms with Crippen molar-refractivity contribution in [3.05, 3.63) is 18.2 Å². The molecule has 0 radical (unpaired) electrons. The van der Waals surface area contributed by atoms with Crippen molar-refractivity contribution in [2.75, 3.05) is 39.3 Å². The fourth-order valence-electron chi connectivity index (χ4n) is 1.49. The Kier molecular flexibility index (Phi) is 6.73. The van der Waals surface area contributed by atoms with Gasteiger partial charge in [0.25, 0.3) is 0 Å². The van der Waals surface area contributed by atoms with Gasteiger partial charge in [-0.3, -0.25) is 0 Å². The molecule has 0 fully saturated rings. The highest BCUT2D eigenvalue weighted by atomic mass is 32.2. The highest BCUT2D eigenvalue weighted by Gasteiger charge is 2.15. The zero-order valence-electron chi connectivity index (χ0n) is 11.4. The smallest absolute Gasteiger partial charge is 0.240 e. The molecule has 0 spiro atoms. The van der Waals surface area contributed by atoms with Gasteiger partial charge in [0.2, 0.25) is 10.0 Å². The second-order valence-electron chi connectivity index (χ2n) is 4.02. The lowest BCUT2D eigenvalue weighted by Gasteiger charge is -2.11. The topological polar surface area (TPSA) is 114 Å². The van der Waals surface area contributed by atoms with E-state index in [0.717, 1.165) is 0 Å². The minimum absolute atomic E-state index is 0.0234. The minimum Gasteiger partial charge on any atom is -0.491 e. The van der Waals surface area contributed by atoms with Crippen molar-refractivity contribution in [1.82, 2.24) is 0 Å². The van der Waals surface area contributed by atoms with Gasteiger partial charge in [0, 0.05) is 20.1 Å². The van der Waals surface area contributed by atoms with Gasteiger partial charge >= 0.3 is 0 Å². The summed E-state index contributed by atoms with van der Waals surface area (Å²) in [7, 11) is -2.24. The summed E-state index contributed by atoms with van der Waals surface area (Å²) in [4.78, 5) is -0.133. The van der Waals surface area contributed by atoms with Gasteiger partial charge in [0.05, 0.1) is 25.5 Å². The van der Waals surface area contributed by atoms with Crippen LogP contribution in [0.4, 0.5) is 5.69 Å². The zero-order valence-corrected chi connectivity index (χ0v) is 12.2. The van der Waals surface area contributed by atoms with Crippen LogP contribution in [0, 0.1) is 0 Å². The SMILES string of the molecule is COCCOCCCOc1cccc(S(N)(=O)=O)c1N. The first kappa shape index (κ1) is 16.7. The molecular weight excluding hydrogens is 284 g/mol. The molecule has 114 valence electrons. The maximum absolute atomic E-state index is 11.3. The Labute approximate surface area is 118 Å². The predicted octanol–water partition coefficient (Wildman–Crippen LogP) is 0.348. The number of anilines is 1. The van der Waals surface area contributed by atoms with Crippen LogP contribution in [-0.4, -0.2) is 42.0 Å². The van der Waals surface area contributed by atoms with Crippen LogP contribution in [0.25, 0.3) is 0 Å². The molecule has 0 aromatic heterocycles. The van der Waals surface area contributed by atoms with E-state index in [0.29, 0.717) is 38.6 Å². The van der Waals surface area contributed by atoms with E-state index >= 15 is 0 Å². The maximum Gasteiger partial charge on any atom is 0.240 e. The Morgan fingerprint density at radius 3 is 2.55 bits per heavy atom. The number of sulfonamides is 1. The summed E-state index contributed by atoms with van der Waals surface area (Å²) in [6.45, 7) is 1.97. The van der Waals surface area contributed by atoms with Gasteiger partial charge in [0.1, 0.15) is 10.6 Å². The molecule has 0 aliphatic heterocycles. The van der Waals surface area contributed by atoms with E-state index in [-0.39, 0.29) is 10.6 Å². The molecule has 1 aromatic rings. The van der Waals surface area contributed by atoms with Gasteiger partial charge < -0.3 is 19.9 Å². The molecule has 7 nitrogen and oxygen atoms in total. The summed E-state index contributed by atoms with van der Waals surface area (Å²) < 4.78 is 38.1. The highest BCUT2D eigenvalue weighted by molar-refractivity contribution is 7.89. The fraction of sp³-hybridized carbons (Fsp3) is 0.500. The number of hydrogen-bond acceptors (Lipinski definition) is 6. The molecule has 0 heterocycles. The lowest BCUT2D eigenvalue weighted by atomic mass is 10.3. The largest absolute Gasteiger partial charge is 0.491 e. The first-order chi connectivity index (χ1) is 9.46. The van der Waals surface area contributed by atoms with E-state index in [4.69, 9.17) is 25.1 Å². The highest BCUT2D eigenvalue weighted by Crippen LogP contribution is 2.27. The lowest BCUT2D eigenvalue weighted by Crippen LogP contribution is -2.15. The molecular formula is C12H20N2O5S. The van der Waals surface area contributed by atoms with Crippen LogP contribution < -0.4 is 15.6 Å². The zero-order chi connectivity index (χ0) is 15.0. The van der Waals surface area contributed by atoms with Crippen molar-refractivity contribution in [3.63, 3.8) is 0 Å². The fourth-order valence-corrected chi connectivity index (χ4v) is 2.16. The third-order valence-electron chi connectivity index (χ3n) is 2.46. The van der Waals surface area contributed by atoms with E-state index in [2.05, 4.69) is 0 Å². The van der Waals surface area contributed by atoms with Gasteiger partial charge in [-0.1, -0.05) is 6.07 Å². The minimum atomic E-state index is -3.85. The molecule has 1 aromatic carbocycles. The molecule has 8 heteroatoms. The van der Waals surface area contributed by atoms with Crippen molar-refractivity contribution >= 4 is 15.7 Å². The first-order valence-corrected chi connectivity index (χ1v) is 7.62. The second-order valence-corrected chi connectivity index (χ2v) is 5.55. The molecule has 0 aliphatic carbocycles. The van der Waals surface area contributed by atoms with Gasteiger partial charge in [-0.15, -0.1) is 0 Å². The number of primary sulfonamides is 1. The second kappa shape index (κ2) is 8.05. The molecule has 1 rings (SSSR count). The normalized spacial score (nSPS) is 11.5. The summed E-state index contributed by atoms with van der Waals surface area (Å²) in [5.41, 5.74) is 5.74. The van der Waals surface area contributed by atoms with Crippen molar-refractivity contribution < 1.29 is 22.6 Å². The summed E-state index contributed by atoms with van der Waals surface area (Å²) >= 11 is 0. The van der Waals surface area contributed by atoms with Gasteiger partial charge in [-0.05, 0) is 12.1 Å². The molecule has 20 heavy (non-hydrogen) atoms. The maximum atomic E-state index is 11.3. The monoisotopic (exact) mass is 304 g/mol. The lowest BCUT2D eigenvalue weighted by molar-refractivity contribution is 0.0644. The van der Waals surface area contributed by atoms with Crippen LogP contribution in [0.3, 0.4) is 0 Å². The van der Waals surface area contributed by atoms with Crippen molar-refractivity contribution in [3.8, 4) is 5.75 Å². The first-order valence-electron chi connectivity index (χ1n) is 6.07. The molecule has 0 saturated carbocycles. The van der Waals surface area contributed by atoms with Crippen LogP contribution in [0.5, 0.6) is 5.75 Å². The molecule has 0 atom stereocenters. The number of methoxy groups -OCH3 is 1. The molecule has 0 bridgehead atoms. The number of rotatable bonds is 9. The summed E-state index contributed by atoms with van der Waals surface area (Å²) in [6, 6.07) is 4.46. The van der Waals surface area contributed by atoms with Crippen LogP contribution in [0.2, 0.25) is 0 Å². The number of para-hydroxylation sites is 1. The van der Waals surface area contributed by atoms with E-state index in [9.17, 15) is 8.42 Å².